The second-order valence-corrected chi connectivity index (χ2v) is 5.44. The molecule has 0 saturated carbocycles. The van der Waals surface area contributed by atoms with E-state index in [-0.39, 0.29) is 10.6 Å². The predicted octanol–water partition coefficient (Wildman–Crippen LogP) is 4.12. The van der Waals surface area contributed by atoms with Crippen LogP contribution in [0.15, 0.2) is 42.5 Å². The number of nitro benzene ring substituents is 1. The summed E-state index contributed by atoms with van der Waals surface area (Å²) in [5.41, 5.74) is 2.97. The second-order valence-electron chi connectivity index (χ2n) is 4.20. The molecule has 98 valence electrons. The maximum absolute atomic E-state index is 10.9. The van der Waals surface area contributed by atoms with Crippen LogP contribution in [0.4, 0.5) is 11.4 Å². The first-order chi connectivity index (χ1) is 9.08. The van der Waals surface area contributed by atoms with Gasteiger partial charge in [-0.15, -0.1) is 0 Å². The Labute approximate surface area is 125 Å². The van der Waals surface area contributed by atoms with Crippen LogP contribution in [0.25, 0.3) is 0 Å². The topological polar surface area (TPSA) is 55.2 Å². The van der Waals surface area contributed by atoms with Crippen molar-refractivity contribution in [1.29, 1.82) is 0 Å². The van der Waals surface area contributed by atoms with E-state index < -0.39 is 0 Å². The van der Waals surface area contributed by atoms with Gasteiger partial charge in [-0.3, -0.25) is 10.1 Å². The second kappa shape index (κ2) is 6.01. The maximum Gasteiger partial charge on any atom is 0.274 e. The molecule has 2 aromatic rings. The summed E-state index contributed by atoms with van der Waals surface area (Å²) in [5, 5.41) is 14.2. The zero-order valence-corrected chi connectivity index (χ0v) is 12.5. The Balaban J connectivity index is 2.17. The molecule has 0 heterocycles. The van der Waals surface area contributed by atoms with Crippen LogP contribution >= 0.6 is 22.6 Å². The highest BCUT2D eigenvalue weighted by Gasteiger charge is 2.11. The molecule has 0 radical (unpaired) electrons. The van der Waals surface area contributed by atoms with Crippen molar-refractivity contribution < 1.29 is 4.92 Å². The fraction of sp³-hybridized carbons (Fsp3) is 0.143. The summed E-state index contributed by atoms with van der Waals surface area (Å²) >= 11 is 2.26. The van der Waals surface area contributed by atoms with Crippen LogP contribution in [0.2, 0.25) is 0 Å². The summed E-state index contributed by atoms with van der Waals surface area (Å²) in [4.78, 5) is 10.6. The molecule has 0 amide bonds. The highest BCUT2D eigenvalue weighted by atomic mass is 127. The number of anilines is 1. The Bertz CT molecular complexity index is 614. The van der Waals surface area contributed by atoms with Crippen molar-refractivity contribution in [3.05, 3.63) is 67.3 Å². The van der Waals surface area contributed by atoms with Gasteiger partial charge in [0, 0.05) is 27.4 Å². The summed E-state index contributed by atoms with van der Waals surface area (Å²) in [6.07, 6.45) is 0. The average molecular weight is 368 g/mol. The van der Waals surface area contributed by atoms with E-state index in [0.29, 0.717) is 12.1 Å². The van der Waals surface area contributed by atoms with Gasteiger partial charge in [0.25, 0.3) is 5.69 Å². The molecule has 0 aliphatic rings. The monoisotopic (exact) mass is 368 g/mol. The molecule has 5 heteroatoms. The number of hydrogen-bond acceptors (Lipinski definition) is 3. The van der Waals surface area contributed by atoms with Gasteiger partial charge in [0.1, 0.15) is 0 Å². The Morgan fingerprint density at radius 1 is 1.26 bits per heavy atom. The van der Waals surface area contributed by atoms with Crippen LogP contribution in [0.3, 0.4) is 0 Å². The van der Waals surface area contributed by atoms with E-state index >= 15 is 0 Å². The lowest BCUT2D eigenvalue weighted by Gasteiger charge is -2.10. The molecular formula is C14H13IN2O2. The zero-order chi connectivity index (χ0) is 13.8. The Morgan fingerprint density at radius 2 is 2.00 bits per heavy atom. The van der Waals surface area contributed by atoms with Crippen LogP contribution in [-0.2, 0) is 6.54 Å². The van der Waals surface area contributed by atoms with Gasteiger partial charge in [0.15, 0.2) is 0 Å². The largest absolute Gasteiger partial charge is 0.380 e. The number of rotatable bonds is 4. The van der Waals surface area contributed by atoms with E-state index in [0.717, 1.165) is 11.3 Å². The fourth-order valence-electron chi connectivity index (χ4n) is 1.85. The summed E-state index contributed by atoms with van der Waals surface area (Å²) in [6, 6.07) is 12.9. The molecule has 0 unspecified atom stereocenters. The van der Waals surface area contributed by atoms with Crippen LogP contribution in [-0.4, -0.2) is 4.92 Å². The summed E-state index contributed by atoms with van der Waals surface area (Å²) in [7, 11) is 0. The van der Waals surface area contributed by atoms with Gasteiger partial charge in [0.05, 0.1) is 4.92 Å². The number of para-hydroxylation sites is 1. The molecule has 0 fully saturated rings. The van der Waals surface area contributed by atoms with Gasteiger partial charge >= 0.3 is 0 Å². The predicted molar refractivity (Wildman–Crippen MR) is 84.3 cm³/mol. The highest BCUT2D eigenvalue weighted by Crippen LogP contribution is 2.22. The molecule has 0 atom stereocenters. The Morgan fingerprint density at radius 3 is 2.68 bits per heavy atom. The lowest BCUT2D eigenvalue weighted by Crippen LogP contribution is -2.04. The maximum atomic E-state index is 10.9. The van der Waals surface area contributed by atoms with Crippen molar-refractivity contribution in [2.24, 2.45) is 0 Å². The molecule has 2 aromatic carbocycles. The van der Waals surface area contributed by atoms with Crippen molar-refractivity contribution >= 4 is 34.0 Å². The van der Waals surface area contributed by atoms with Crippen molar-refractivity contribution in [1.82, 2.24) is 0 Å². The van der Waals surface area contributed by atoms with E-state index in [4.69, 9.17) is 0 Å². The molecule has 1 N–H and O–H groups in total. The molecule has 0 aliphatic heterocycles. The SMILES string of the molecule is Cc1cc(I)ccc1NCc1ccccc1[N+](=O)[O-]. The standard InChI is InChI=1S/C14H13IN2O2/c1-10-8-12(15)6-7-13(10)16-9-11-4-2-3-5-14(11)17(18)19/h2-8,16H,9H2,1H3. The molecule has 0 saturated heterocycles. The van der Waals surface area contributed by atoms with E-state index in [1.807, 2.05) is 25.1 Å². The zero-order valence-electron chi connectivity index (χ0n) is 10.4. The summed E-state index contributed by atoms with van der Waals surface area (Å²) in [6.45, 7) is 2.46. The van der Waals surface area contributed by atoms with Crippen LogP contribution < -0.4 is 5.32 Å². The first-order valence-electron chi connectivity index (χ1n) is 5.80. The van der Waals surface area contributed by atoms with Crippen molar-refractivity contribution in [3.63, 3.8) is 0 Å². The van der Waals surface area contributed by atoms with E-state index in [2.05, 4.69) is 34.0 Å². The van der Waals surface area contributed by atoms with Crippen LogP contribution in [0.5, 0.6) is 0 Å². The van der Waals surface area contributed by atoms with E-state index in [9.17, 15) is 10.1 Å². The summed E-state index contributed by atoms with van der Waals surface area (Å²) < 4.78 is 1.17. The Hall–Kier alpha value is -1.63. The van der Waals surface area contributed by atoms with Crippen molar-refractivity contribution in [2.75, 3.05) is 5.32 Å². The Kier molecular flexibility index (Phi) is 4.36. The average Bonchev–Trinajstić information content (AvgIpc) is 2.38. The van der Waals surface area contributed by atoms with Gasteiger partial charge in [-0.2, -0.15) is 0 Å². The van der Waals surface area contributed by atoms with Crippen molar-refractivity contribution in [2.45, 2.75) is 13.5 Å². The normalized spacial score (nSPS) is 10.2. The quantitative estimate of drug-likeness (QED) is 0.502. The van der Waals surface area contributed by atoms with E-state index in [1.54, 1.807) is 12.1 Å². The molecule has 0 bridgehead atoms. The van der Waals surface area contributed by atoms with Gasteiger partial charge in [-0.25, -0.2) is 0 Å². The van der Waals surface area contributed by atoms with Gasteiger partial charge in [-0.05, 0) is 53.3 Å². The van der Waals surface area contributed by atoms with Gasteiger partial charge in [0.2, 0.25) is 0 Å². The third-order valence-corrected chi connectivity index (χ3v) is 3.52. The molecule has 0 aromatic heterocycles. The molecule has 0 spiro atoms. The highest BCUT2D eigenvalue weighted by molar-refractivity contribution is 14.1. The smallest absolute Gasteiger partial charge is 0.274 e. The molecular weight excluding hydrogens is 355 g/mol. The van der Waals surface area contributed by atoms with Gasteiger partial charge < -0.3 is 5.32 Å². The third kappa shape index (κ3) is 3.44. The number of aryl methyl sites for hydroxylation is 1. The van der Waals surface area contributed by atoms with Gasteiger partial charge in [-0.1, -0.05) is 18.2 Å². The lowest BCUT2D eigenvalue weighted by molar-refractivity contribution is -0.385. The van der Waals surface area contributed by atoms with E-state index in [1.165, 1.54) is 9.64 Å². The first-order valence-corrected chi connectivity index (χ1v) is 6.88. The van der Waals surface area contributed by atoms with Crippen LogP contribution in [0, 0.1) is 20.6 Å². The molecule has 4 nitrogen and oxygen atoms in total. The minimum absolute atomic E-state index is 0.151. The minimum Gasteiger partial charge on any atom is -0.380 e. The lowest BCUT2D eigenvalue weighted by atomic mass is 10.1. The molecule has 2 rings (SSSR count). The number of nitrogens with zero attached hydrogens (tertiary/aromatic N) is 1. The van der Waals surface area contributed by atoms with Crippen LogP contribution in [0.1, 0.15) is 11.1 Å². The third-order valence-electron chi connectivity index (χ3n) is 2.85. The number of nitrogens with one attached hydrogen (secondary N) is 1. The fourth-order valence-corrected chi connectivity index (χ4v) is 2.50. The number of benzene rings is 2. The van der Waals surface area contributed by atoms with Crippen molar-refractivity contribution in [3.8, 4) is 0 Å². The molecule has 19 heavy (non-hydrogen) atoms. The number of hydrogen-bond donors (Lipinski definition) is 1. The number of halogens is 1. The first kappa shape index (κ1) is 13.8. The minimum atomic E-state index is -0.349. The molecule has 0 aliphatic carbocycles. The summed E-state index contributed by atoms with van der Waals surface area (Å²) in [5.74, 6) is 0. The number of nitro groups is 1.